The summed E-state index contributed by atoms with van der Waals surface area (Å²) in [7, 11) is 1.52. The molecule has 1 aliphatic rings. The molecule has 0 aliphatic carbocycles. The normalized spacial score (nSPS) is 15.5. The molecule has 2 amide bonds. The van der Waals surface area contributed by atoms with Crippen molar-refractivity contribution >= 4 is 17.5 Å². The third-order valence-electron chi connectivity index (χ3n) is 6.16. The summed E-state index contributed by atoms with van der Waals surface area (Å²) >= 11 is 0. The lowest BCUT2D eigenvalue weighted by atomic mass is 10.1. The highest BCUT2D eigenvalue weighted by atomic mass is 19.1. The van der Waals surface area contributed by atoms with Gasteiger partial charge in [0.25, 0.3) is 5.91 Å². The lowest BCUT2D eigenvalue weighted by Crippen LogP contribution is -2.41. The van der Waals surface area contributed by atoms with Crippen LogP contribution >= 0.6 is 0 Å². The summed E-state index contributed by atoms with van der Waals surface area (Å²) in [4.78, 5) is 32.1. The Morgan fingerprint density at radius 1 is 1.00 bits per heavy atom. The summed E-state index contributed by atoms with van der Waals surface area (Å²) in [6.07, 6.45) is 0.990. The largest absolute Gasteiger partial charge is 0.493 e. The Bertz CT molecular complexity index is 984. The number of rotatable bonds is 7. The number of benzene rings is 2. The van der Waals surface area contributed by atoms with E-state index in [9.17, 15) is 14.0 Å². The zero-order valence-electron chi connectivity index (χ0n) is 20.9. The van der Waals surface area contributed by atoms with Gasteiger partial charge in [0.1, 0.15) is 18.2 Å². The molecular formula is C27H36FN3O4. The number of nitrogens with zero attached hydrogens (tertiary/aromatic N) is 3. The zero-order valence-corrected chi connectivity index (χ0v) is 20.9. The molecule has 8 heteroatoms. The first-order chi connectivity index (χ1) is 16.9. The summed E-state index contributed by atoms with van der Waals surface area (Å²) in [5.74, 6) is -0.122. The molecule has 0 N–H and O–H groups in total. The van der Waals surface area contributed by atoms with Crippen LogP contribution < -0.4 is 9.64 Å². The third kappa shape index (κ3) is 7.77. The van der Waals surface area contributed by atoms with Crippen molar-refractivity contribution in [1.82, 2.24) is 9.80 Å². The van der Waals surface area contributed by atoms with Crippen LogP contribution in [0.15, 0.2) is 48.5 Å². The molecule has 1 aliphatic heterocycles. The maximum atomic E-state index is 13.4. The first kappa shape index (κ1) is 26.6. The molecule has 0 saturated heterocycles. The van der Waals surface area contributed by atoms with Gasteiger partial charge in [-0.2, -0.15) is 0 Å². The molecular weight excluding hydrogens is 449 g/mol. The van der Waals surface area contributed by atoms with E-state index in [1.165, 1.54) is 19.2 Å². The van der Waals surface area contributed by atoms with Gasteiger partial charge in [0, 0.05) is 57.6 Å². The summed E-state index contributed by atoms with van der Waals surface area (Å²) < 4.78 is 24.2. The number of hydrogen-bond donors (Lipinski definition) is 0. The second-order valence-electron chi connectivity index (χ2n) is 8.96. The average molecular weight is 486 g/mol. The molecule has 190 valence electrons. The lowest BCUT2D eigenvalue weighted by molar-refractivity contribution is -0.132. The van der Waals surface area contributed by atoms with Gasteiger partial charge in [-0.3, -0.25) is 14.5 Å². The molecule has 35 heavy (non-hydrogen) atoms. The number of hydrogen-bond acceptors (Lipinski definition) is 5. The van der Waals surface area contributed by atoms with Crippen molar-refractivity contribution < 1.29 is 23.5 Å². The smallest absolute Gasteiger partial charge is 0.252 e. The Morgan fingerprint density at radius 2 is 1.80 bits per heavy atom. The molecule has 3 rings (SSSR count). The maximum Gasteiger partial charge on any atom is 0.252 e. The zero-order chi connectivity index (χ0) is 25.2. The number of halogens is 1. The molecule has 7 nitrogen and oxygen atoms in total. The van der Waals surface area contributed by atoms with E-state index in [1.807, 2.05) is 29.2 Å². The fourth-order valence-electron chi connectivity index (χ4n) is 4.27. The Labute approximate surface area is 207 Å². The molecule has 0 aromatic heterocycles. The highest BCUT2D eigenvalue weighted by molar-refractivity contribution is 5.95. The molecule has 0 spiro atoms. The highest BCUT2D eigenvalue weighted by Gasteiger charge is 2.24. The fourth-order valence-corrected chi connectivity index (χ4v) is 4.27. The van der Waals surface area contributed by atoms with Crippen LogP contribution in [0.4, 0.5) is 10.1 Å². The monoisotopic (exact) mass is 485 g/mol. The van der Waals surface area contributed by atoms with E-state index in [2.05, 4.69) is 18.7 Å². The van der Waals surface area contributed by atoms with Crippen LogP contribution in [0.1, 0.15) is 32.3 Å². The minimum absolute atomic E-state index is 0.00227. The van der Waals surface area contributed by atoms with Crippen molar-refractivity contribution in [1.29, 1.82) is 0 Å². The van der Waals surface area contributed by atoms with E-state index in [0.717, 1.165) is 30.8 Å². The van der Waals surface area contributed by atoms with Gasteiger partial charge in [-0.15, -0.1) is 0 Å². The van der Waals surface area contributed by atoms with Crippen molar-refractivity contribution in [3.05, 3.63) is 59.9 Å². The van der Waals surface area contributed by atoms with Crippen LogP contribution in [0.25, 0.3) is 0 Å². The number of carbonyl (C=O) groups excluding carboxylic acids is 2. The van der Waals surface area contributed by atoms with Crippen LogP contribution in [0, 0.1) is 5.82 Å². The van der Waals surface area contributed by atoms with Crippen molar-refractivity contribution in [2.45, 2.75) is 39.3 Å². The SMILES string of the molecule is COCC(=O)N1CCCN(C(C)C)CCN(C(=O)CCOc2cccc(F)c2)Cc2ccccc21. The quantitative estimate of drug-likeness (QED) is 0.598. The van der Waals surface area contributed by atoms with Crippen LogP contribution in [0.5, 0.6) is 5.75 Å². The topological polar surface area (TPSA) is 62.3 Å². The highest BCUT2D eigenvalue weighted by Crippen LogP contribution is 2.24. The number of ether oxygens (including phenoxy) is 2. The van der Waals surface area contributed by atoms with E-state index in [-0.39, 0.29) is 37.3 Å². The van der Waals surface area contributed by atoms with Gasteiger partial charge in [0.15, 0.2) is 0 Å². The second-order valence-corrected chi connectivity index (χ2v) is 8.96. The standard InChI is InChI=1S/C27H36FN3O4/c1-21(2)29-13-7-14-31(27(33)20-34-3)25-11-5-4-8-22(25)19-30(16-15-29)26(32)12-17-35-24-10-6-9-23(28)18-24/h4-6,8-11,18,21H,7,12-17,19-20H2,1-3H3. The van der Waals surface area contributed by atoms with E-state index in [4.69, 9.17) is 9.47 Å². The minimum Gasteiger partial charge on any atom is -0.493 e. The van der Waals surface area contributed by atoms with Crippen LogP contribution in [0.2, 0.25) is 0 Å². The summed E-state index contributed by atoms with van der Waals surface area (Å²) in [6.45, 7) is 7.54. The molecule has 0 radical (unpaired) electrons. The molecule has 2 aromatic rings. The number of para-hydroxylation sites is 1. The van der Waals surface area contributed by atoms with Crippen LogP contribution in [0.3, 0.4) is 0 Å². The first-order valence-corrected chi connectivity index (χ1v) is 12.2. The number of methoxy groups -OCH3 is 1. The van der Waals surface area contributed by atoms with Gasteiger partial charge < -0.3 is 19.3 Å². The number of anilines is 1. The Balaban J connectivity index is 1.80. The predicted molar refractivity (Wildman–Crippen MR) is 134 cm³/mol. The summed E-state index contributed by atoms with van der Waals surface area (Å²) in [5, 5.41) is 0. The number of fused-ring (bicyclic) bond motifs is 1. The summed E-state index contributed by atoms with van der Waals surface area (Å²) in [6, 6.07) is 13.9. The van der Waals surface area contributed by atoms with E-state index in [1.54, 1.807) is 17.0 Å². The molecule has 0 unspecified atom stereocenters. The van der Waals surface area contributed by atoms with Crippen molar-refractivity contribution in [3.63, 3.8) is 0 Å². The molecule has 0 fully saturated rings. The van der Waals surface area contributed by atoms with E-state index >= 15 is 0 Å². The van der Waals surface area contributed by atoms with Gasteiger partial charge in [-0.05, 0) is 44.0 Å². The Morgan fingerprint density at radius 3 is 2.54 bits per heavy atom. The van der Waals surface area contributed by atoms with Gasteiger partial charge in [0.05, 0.1) is 13.0 Å². The second kappa shape index (κ2) is 13.2. The van der Waals surface area contributed by atoms with Crippen molar-refractivity contribution in [3.8, 4) is 5.75 Å². The maximum absolute atomic E-state index is 13.4. The van der Waals surface area contributed by atoms with Crippen molar-refractivity contribution in [2.24, 2.45) is 0 Å². The van der Waals surface area contributed by atoms with Gasteiger partial charge in [-0.1, -0.05) is 24.3 Å². The Kier molecular flexibility index (Phi) is 10.0. The van der Waals surface area contributed by atoms with Crippen molar-refractivity contribution in [2.75, 3.05) is 51.4 Å². The third-order valence-corrected chi connectivity index (χ3v) is 6.16. The van der Waals surface area contributed by atoms with Gasteiger partial charge >= 0.3 is 0 Å². The number of carbonyl (C=O) groups is 2. The molecule has 1 heterocycles. The predicted octanol–water partition coefficient (Wildman–Crippen LogP) is 3.72. The first-order valence-electron chi connectivity index (χ1n) is 12.2. The van der Waals surface area contributed by atoms with E-state index in [0.29, 0.717) is 31.4 Å². The van der Waals surface area contributed by atoms with E-state index < -0.39 is 0 Å². The fraction of sp³-hybridized carbons (Fsp3) is 0.481. The average Bonchev–Trinajstić information content (AvgIpc) is 2.86. The van der Waals surface area contributed by atoms with Gasteiger partial charge in [-0.25, -0.2) is 4.39 Å². The molecule has 0 atom stereocenters. The molecule has 0 bridgehead atoms. The lowest BCUT2D eigenvalue weighted by Gasteiger charge is -2.30. The Hall–Kier alpha value is -2.97. The van der Waals surface area contributed by atoms with Gasteiger partial charge in [0.2, 0.25) is 5.91 Å². The summed E-state index contributed by atoms with van der Waals surface area (Å²) in [5.41, 5.74) is 1.72. The van der Waals surface area contributed by atoms with Crippen LogP contribution in [-0.2, 0) is 20.9 Å². The van der Waals surface area contributed by atoms with Crippen LogP contribution in [-0.4, -0.2) is 74.2 Å². The molecule has 0 saturated carbocycles. The number of amides is 2. The molecule has 2 aromatic carbocycles. The minimum atomic E-state index is -0.376.